The monoisotopic (exact) mass is 282 g/mol. The van der Waals surface area contributed by atoms with Crippen LogP contribution >= 0.6 is 0 Å². The van der Waals surface area contributed by atoms with Crippen molar-refractivity contribution < 1.29 is 5.11 Å². The second-order valence-electron chi connectivity index (χ2n) is 6.95. The molecule has 3 nitrogen and oxygen atoms in total. The third-order valence-electron chi connectivity index (χ3n) is 5.84. The normalized spacial score (nSPS) is 34.5. The summed E-state index contributed by atoms with van der Waals surface area (Å²) in [6.07, 6.45) is 5.50. The van der Waals surface area contributed by atoms with Crippen LogP contribution in [0.1, 0.15) is 61.5 Å². The zero-order valence-electron chi connectivity index (χ0n) is 12.3. The summed E-state index contributed by atoms with van der Waals surface area (Å²) in [7, 11) is 0. The minimum Gasteiger partial charge on any atom is -0.373 e. The molecule has 1 aromatic heterocycles. The Morgan fingerprint density at radius 2 is 1.95 bits per heavy atom. The minimum absolute atomic E-state index is 0.344. The molecule has 4 heterocycles. The van der Waals surface area contributed by atoms with Gasteiger partial charge in [0.15, 0.2) is 0 Å². The van der Waals surface area contributed by atoms with E-state index in [1.54, 1.807) is 5.56 Å². The van der Waals surface area contributed by atoms with Gasteiger partial charge in [-0.2, -0.15) is 0 Å². The lowest BCUT2D eigenvalue weighted by atomic mass is 9.81. The maximum absolute atomic E-state index is 10.7. The Balaban J connectivity index is 1.88. The molecule has 1 fully saturated rings. The third-order valence-corrected chi connectivity index (χ3v) is 5.84. The van der Waals surface area contributed by atoms with Crippen molar-refractivity contribution in [3.8, 4) is 0 Å². The van der Waals surface area contributed by atoms with Gasteiger partial charge >= 0.3 is 0 Å². The van der Waals surface area contributed by atoms with Gasteiger partial charge in [0.25, 0.3) is 0 Å². The molecule has 0 aliphatic carbocycles. The van der Waals surface area contributed by atoms with Crippen molar-refractivity contribution in [3.63, 3.8) is 0 Å². The minimum atomic E-state index is -0.344. The Bertz CT molecular complexity index is 690. The summed E-state index contributed by atoms with van der Waals surface area (Å²) in [6.45, 7) is 2.46. The van der Waals surface area contributed by atoms with Crippen molar-refractivity contribution in [3.05, 3.63) is 35.5 Å². The molecule has 21 heavy (non-hydrogen) atoms. The molecule has 3 aliphatic heterocycles. The van der Waals surface area contributed by atoms with Gasteiger partial charge in [-0.3, -0.25) is 4.90 Å². The molecule has 0 saturated carbocycles. The highest BCUT2D eigenvalue weighted by molar-refractivity contribution is 5.87. The molecule has 110 valence electrons. The number of fused-ring (bicyclic) bond motifs is 7. The highest BCUT2D eigenvalue weighted by Crippen LogP contribution is 2.50. The number of aliphatic hydroxyl groups is 1. The van der Waals surface area contributed by atoms with E-state index in [-0.39, 0.29) is 6.23 Å². The molecule has 1 N–H and O–H groups in total. The fraction of sp³-hybridized carbons (Fsp3) is 0.556. The molecule has 1 aromatic carbocycles. The van der Waals surface area contributed by atoms with E-state index in [1.807, 2.05) is 0 Å². The van der Waals surface area contributed by atoms with Gasteiger partial charge < -0.3 is 9.67 Å². The van der Waals surface area contributed by atoms with Crippen molar-refractivity contribution in [2.75, 3.05) is 13.1 Å². The molecule has 3 heteroatoms. The van der Waals surface area contributed by atoms with E-state index in [2.05, 4.69) is 33.7 Å². The average Bonchev–Trinajstić information content (AvgIpc) is 2.76. The van der Waals surface area contributed by atoms with Crippen molar-refractivity contribution in [1.29, 1.82) is 0 Å². The molecule has 2 bridgehead atoms. The number of rotatable bonds is 0. The number of benzene rings is 1. The van der Waals surface area contributed by atoms with Crippen LogP contribution < -0.4 is 0 Å². The lowest BCUT2D eigenvalue weighted by Gasteiger charge is -2.44. The van der Waals surface area contributed by atoms with Gasteiger partial charge in [0.1, 0.15) is 6.23 Å². The van der Waals surface area contributed by atoms with Gasteiger partial charge in [0.05, 0.1) is 11.6 Å². The molecule has 0 amide bonds. The molecule has 1 unspecified atom stereocenters. The van der Waals surface area contributed by atoms with Gasteiger partial charge in [0.2, 0.25) is 0 Å². The number of aliphatic hydroxyl groups excluding tert-OH is 1. The fourth-order valence-electron chi connectivity index (χ4n) is 5.04. The quantitative estimate of drug-likeness (QED) is 0.800. The van der Waals surface area contributed by atoms with E-state index in [0.717, 1.165) is 12.8 Å². The SMILES string of the molecule is O[C@H]1CCC[C@H]2c3c(c4ccccc4n31)[C@H]1CCCN2C1. The summed E-state index contributed by atoms with van der Waals surface area (Å²) in [5.74, 6) is 0.668. The van der Waals surface area contributed by atoms with Crippen LogP contribution in [0.15, 0.2) is 24.3 Å². The second-order valence-corrected chi connectivity index (χ2v) is 6.95. The van der Waals surface area contributed by atoms with Gasteiger partial charge in [-0.1, -0.05) is 18.2 Å². The van der Waals surface area contributed by atoms with E-state index >= 15 is 0 Å². The van der Waals surface area contributed by atoms with Crippen LogP contribution in [-0.2, 0) is 0 Å². The van der Waals surface area contributed by atoms with Crippen LogP contribution in [0.4, 0.5) is 0 Å². The van der Waals surface area contributed by atoms with Crippen LogP contribution in [0.3, 0.4) is 0 Å². The van der Waals surface area contributed by atoms with E-state index in [0.29, 0.717) is 12.0 Å². The molecule has 0 spiro atoms. The number of piperidine rings is 1. The maximum atomic E-state index is 10.7. The fourth-order valence-corrected chi connectivity index (χ4v) is 5.04. The molecule has 1 saturated heterocycles. The number of para-hydroxylation sites is 1. The first-order valence-electron chi connectivity index (χ1n) is 8.39. The summed E-state index contributed by atoms with van der Waals surface area (Å²) in [5.41, 5.74) is 4.25. The van der Waals surface area contributed by atoms with Crippen LogP contribution in [0, 0.1) is 0 Å². The Kier molecular flexibility index (Phi) is 2.53. The van der Waals surface area contributed by atoms with E-state index in [1.165, 1.54) is 48.9 Å². The van der Waals surface area contributed by atoms with Gasteiger partial charge in [-0.15, -0.1) is 0 Å². The second kappa shape index (κ2) is 4.34. The smallest absolute Gasteiger partial charge is 0.131 e. The van der Waals surface area contributed by atoms with Crippen LogP contribution in [0.2, 0.25) is 0 Å². The average molecular weight is 282 g/mol. The predicted molar refractivity (Wildman–Crippen MR) is 83.3 cm³/mol. The summed E-state index contributed by atoms with van der Waals surface area (Å²) in [4.78, 5) is 2.68. The summed E-state index contributed by atoms with van der Waals surface area (Å²) in [6, 6.07) is 9.24. The maximum Gasteiger partial charge on any atom is 0.131 e. The zero-order chi connectivity index (χ0) is 14.0. The van der Waals surface area contributed by atoms with Crippen LogP contribution in [0.5, 0.6) is 0 Å². The van der Waals surface area contributed by atoms with Crippen molar-refractivity contribution in [1.82, 2.24) is 9.47 Å². The summed E-state index contributed by atoms with van der Waals surface area (Å²) in [5, 5.41) is 12.1. The predicted octanol–water partition coefficient (Wildman–Crippen LogP) is 3.55. The lowest BCUT2D eigenvalue weighted by molar-refractivity contribution is 0.0939. The summed E-state index contributed by atoms with van der Waals surface area (Å²) < 4.78 is 2.27. The Morgan fingerprint density at radius 1 is 1.05 bits per heavy atom. The Labute approximate surface area is 125 Å². The Morgan fingerprint density at radius 3 is 2.90 bits per heavy atom. The zero-order valence-corrected chi connectivity index (χ0v) is 12.3. The summed E-state index contributed by atoms with van der Waals surface area (Å²) >= 11 is 0. The van der Waals surface area contributed by atoms with Crippen LogP contribution in [-0.4, -0.2) is 27.7 Å². The molecule has 3 aliphatic rings. The van der Waals surface area contributed by atoms with Crippen molar-refractivity contribution in [2.24, 2.45) is 0 Å². The first kappa shape index (κ1) is 12.2. The standard InChI is InChI=1S/C18H22N2O/c21-16-9-3-8-15-18-17(12-5-4-10-19(15)11-12)13-6-1-2-7-14(13)20(16)18/h1-2,6-7,12,15-16,21H,3-5,8-11H2/t12-,15-,16-/m0/s1. The first-order valence-corrected chi connectivity index (χ1v) is 8.39. The molecular formula is C18H22N2O. The number of hydrogen-bond donors (Lipinski definition) is 1. The van der Waals surface area contributed by atoms with Crippen molar-refractivity contribution in [2.45, 2.75) is 50.3 Å². The highest BCUT2D eigenvalue weighted by atomic mass is 16.3. The van der Waals surface area contributed by atoms with Crippen LogP contribution in [0.25, 0.3) is 10.9 Å². The Hall–Kier alpha value is -1.32. The van der Waals surface area contributed by atoms with Gasteiger partial charge in [-0.05, 0) is 56.2 Å². The molecule has 4 atom stereocenters. The molecule has 2 aromatic rings. The van der Waals surface area contributed by atoms with Crippen molar-refractivity contribution >= 4 is 10.9 Å². The van der Waals surface area contributed by atoms with Gasteiger partial charge in [0, 0.05) is 17.6 Å². The van der Waals surface area contributed by atoms with E-state index in [4.69, 9.17) is 0 Å². The number of hydrogen-bond acceptors (Lipinski definition) is 2. The van der Waals surface area contributed by atoms with Gasteiger partial charge in [-0.25, -0.2) is 0 Å². The lowest BCUT2D eigenvalue weighted by Crippen LogP contribution is -2.42. The topological polar surface area (TPSA) is 28.4 Å². The highest BCUT2D eigenvalue weighted by Gasteiger charge is 2.41. The largest absolute Gasteiger partial charge is 0.373 e. The molecular weight excluding hydrogens is 260 g/mol. The molecule has 5 rings (SSSR count). The van der Waals surface area contributed by atoms with E-state index < -0.39 is 0 Å². The first-order chi connectivity index (χ1) is 10.3. The van der Waals surface area contributed by atoms with E-state index in [9.17, 15) is 5.11 Å². The number of aromatic nitrogens is 1. The third kappa shape index (κ3) is 1.56. The molecule has 0 radical (unpaired) electrons. The number of nitrogens with zero attached hydrogens (tertiary/aromatic N) is 2.